The number of carbonyl (C=O) groups is 2. The van der Waals surface area contributed by atoms with E-state index in [4.69, 9.17) is 16.3 Å². The second-order valence-corrected chi connectivity index (χ2v) is 11.3. The highest BCUT2D eigenvalue weighted by molar-refractivity contribution is 9.10. The number of hydrogen-bond acceptors (Lipinski definition) is 3. The minimum absolute atomic E-state index is 0.103. The summed E-state index contributed by atoms with van der Waals surface area (Å²) < 4.78 is 5.93. The lowest BCUT2D eigenvalue weighted by Gasteiger charge is -2.58. The van der Waals surface area contributed by atoms with Gasteiger partial charge in [0.1, 0.15) is 5.75 Å². The third-order valence-corrected chi connectivity index (χ3v) is 8.12. The number of amides is 1. The van der Waals surface area contributed by atoms with Gasteiger partial charge in [-0.15, -0.1) is 0 Å². The van der Waals surface area contributed by atoms with Crippen LogP contribution < -0.4 is 10.1 Å². The van der Waals surface area contributed by atoms with Gasteiger partial charge in [0, 0.05) is 10.0 Å². The van der Waals surface area contributed by atoms with E-state index >= 15 is 0 Å². The molecular weight excluding hydrogens is 466 g/mol. The van der Waals surface area contributed by atoms with Crippen LogP contribution in [0, 0.1) is 17.3 Å². The average molecular weight is 489 g/mol. The predicted octanol–water partition coefficient (Wildman–Crippen LogP) is 6.23. The van der Waals surface area contributed by atoms with Crippen LogP contribution in [-0.4, -0.2) is 16.2 Å². The van der Waals surface area contributed by atoms with Crippen molar-refractivity contribution in [3.05, 3.63) is 59.1 Å². The molecule has 2 unspecified atom stereocenters. The number of halogens is 2. The van der Waals surface area contributed by atoms with Gasteiger partial charge in [0.25, 0.3) is 5.91 Å². The highest BCUT2D eigenvalue weighted by Gasteiger charge is 2.60. The van der Waals surface area contributed by atoms with Gasteiger partial charge in [-0.2, -0.15) is 0 Å². The Bertz CT molecular complexity index is 992. The molecule has 4 aliphatic rings. The summed E-state index contributed by atoms with van der Waals surface area (Å²) in [7, 11) is 0. The first-order chi connectivity index (χ1) is 14.3. The molecule has 2 aromatic carbocycles. The van der Waals surface area contributed by atoms with Crippen molar-refractivity contribution < 1.29 is 14.3 Å². The van der Waals surface area contributed by atoms with Crippen molar-refractivity contribution in [2.75, 3.05) is 5.32 Å². The Morgan fingerprint density at radius 1 is 1.00 bits per heavy atom. The molecule has 4 aliphatic carbocycles. The fraction of sp³-hybridized carbons (Fsp3) is 0.417. The first-order valence-electron chi connectivity index (χ1n) is 10.4. The van der Waals surface area contributed by atoms with Gasteiger partial charge in [0.15, 0.2) is 0 Å². The third kappa shape index (κ3) is 3.67. The topological polar surface area (TPSA) is 55.4 Å². The SMILES string of the molecule is O=C(Nc1ccc(OC(=O)C23CC4CC(CC(Br)(C4)C2)C3)cc1)c1ccccc1Cl. The Morgan fingerprint density at radius 2 is 1.67 bits per heavy atom. The summed E-state index contributed by atoms with van der Waals surface area (Å²) in [6, 6.07) is 13.8. The lowest BCUT2D eigenvalue weighted by molar-refractivity contribution is -0.159. The van der Waals surface area contributed by atoms with Gasteiger partial charge >= 0.3 is 5.97 Å². The van der Waals surface area contributed by atoms with Crippen LogP contribution in [0.5, 0.6) is 5.75 Å². The molecule has 2 aromatic rings. The van der Waals surface area contributed by atoms with Crippen LogP contribution >= 0.6 is 27.5 Å². The predicted molar refractivity (Wildman–Crippen MR) is 120 cm³/mol. The highest BCUT2D eigenvalue weighted by Crippen LogP contribution is 2.64. The lowest BCUT2D eigenvalue weighted by atomic mass is 9.49. The van der Waals surface area contributed by atoms with E-state index in [1.807, 2.05) is 0 Å². The van der Waals surface area contributed by atoms with E-state index in [1.54, 1.807) is 48.5 Å². The zero-order valence-electron chi connectivity index (χ0n) is 16.5. The van der Waals surface area contributed by atoms with Crippen molar-refractivity contribution in [2.24, 2.45) is 17.3 Å². The van der Waals surface area contributed by atoms with Gasteiger partial charge in [0.2, 0.25) is 0 Å². The molecular formula is C24H23BrClNO3. The Morgan fingerprint density at radius 3 is 2.30 bits per heavy atom. The fourth-order valence-electron chi connectivity index (χ4n) is 6.05. The number of alkyl halides is 1. The standard InChI is InChI=1S/C24H23BrClNO3/c25-24-12-15-9-16(13-24)11-23(10-15,14-24)22(29)30-18-7-5-17(6-8-18)27-21(28)19-3-1-2-4-20(19)26/h1-8,15-16H,9-14H2,(H,27,28). The molecule has 30 heavy (non-hydrogen) atoms. The summed E-state index contributed by atoms with van der Waals surface area (Å²) in [6.45, 7) is 0. The second kappa shape index (κ2) is 7.38. The number of rotatable bonds is 4. The molecule has 4 saturated carbocycles. The van der Waals surface area contributed by atoms with E-state index in [0.29, 0.717) is 33.9 Å². The van der Waals surface area contributed by atoms with Crippen LogP contribution in [0.2, 0.25) is 5.02 Å². The Labute approximate surface area is 189 Å². The van der Waals surface area contributed by atoms with E-state index in [-0.39, 0.29) is 21.6 Å². The summed E-state index contributed by atoms with van der Waals surface area (Å²) in [5.74, 6) is 1.38. The minimum Gasteiger partial charge on any atom is -0.426 e. The molecule has 2 atom stereocenters. The smallest absolute Gasteiger partial charge is 0.317 e. The lowest BCUT2D eigenvalue weighted by Crippen LogP contribution is -2.56. The molecule has 0 aliphatic heterocycles. The molecule has 1 N–H and O–H groups in total. The van der Waals surface area contributed by atoms with Crippen molar-refractivity contribution in [1.82, 2.24) is 0 Å². The summed E-state index contributed by atoms with van der Waals surface area (Å²) in [6.07, 6.45) is 6.38. The summed E-state index contributed by atoms with van der Waals surface area (Å²) >= 11 is 10.0. The van der Waals surface area contributed by atoms with Crippen LogP contribution in [-0.2, 0) is 4.79 Å². The minimum atomic E-state index is -0.357. The van der Waals surface area contributed by atoms with Gasteiger partial charge in [0.05, 0.1) is 16.0 Å². The molecule has 0 saturated heterocycles. The van der Waals surface area contributed by atoms with Crippen LogP contribution in [0.25, 0.3) is 0 Å². The quantitative estimate of drug-likeness (QED) is 0.315. The van der Waals surface area contributed by atoms with Crippen LogP contribution in [0.15, 0.2) is 48.5 Å². The van der Waals surface area contributed by atoms with Crippen LogP contribution in [0.4, 0.5) is 5.69 Å². The first-order valence-corrected chi connectivity index (χ1v) is 11.6. The molecule has 6 heteroatoms. The van der Waals surface area contributed by atoms with Crippen molar-refractivity contribution in [3.63, 3.8) is 0 Å². The Kier molecular flexibility index (Phi) is 4.94. The summed E-state index contributed by atoms with van der Waals surface area (Å²) in [4.78, 5) is 25.6. The van der Waals surface area contributed by atoms with Gasteiger partial charge < -0.3 is 10.1 Å². The average Bonchev–Trinajstić information content (AvgIpc) is 2.68. The number of esters is 1. The van der Waals surface area contributed by atoms with Crippen LogP contribution in [0.1, 0.15) is 48.9 Å². The maximum absolute atomic E-state index is 13.2. The molecule has 4 fully saturated rings. The van der Waals surface area contributed by atoms with Gasteiger partial charge in [-0.05, 0) is 86.8 Å². The molecule has 156 valence electrons. The van der Waals surface area contributed by atoms with E-state index in [2.05, 4.69) is 21.2 Å². The highest BCUT2D eigenvalue weighted by atomic mass is 79.9. The number of anilines is 1. The van der Waals surface area contributed by atoms with E-state index in [9.17, 15) is 9.59 Å². The van der Waals surface area contributed by atoms with Gasteiger partial charge in [-0.25, -0.2) is 0 Å². The number of benzene rings is 2. The van der Waals surface area contributed by atoms with E-state index in [1.165, 1.54) is 19.3 Å². The molecule has 0 radical (unpaired) electrons. The van der Waals surface area contributed by atoms with E-state index < -0.39 is 0 Å². The van der Waals surface area contributed by atoms with Crippen molar-refractivity contribution in [2.45, 2.75) is 42.8 Å². The molecule has 0 aromatic heterocycles. The first kappa shape index (κ1) is 20.1. The summed E-state index contributed by atoms with van der Waals surface area (Å²) in [5, 5.41) is 3.23. The number of ether oxygens (including phenoxy) is 1. The van der Waals surface area contributed by atoms with Crippen molar-refractivity contribution >= 4 is 45.1 Å². The molecule has 0 heterocycles. The molecule has 4 nitrogen and oxygen atoms in total. The summed E-state index contributed by atoms with van der Waals surface area (Å²) in [5.41, 5.74) is 0.680. The Balaban J connectivity index is 1.26. The van der Waals surface area contributed by atoms with Crippen LogP contribution in [0.3, 0.4) is 0 Å². The largest absolute Gasteiger partial charge is 0.426 e. The second-order valence-electron chi connectivity index (χ2n) is 9.24. The zero-order valence-corrected chi connectivity index (χ0v) is 18.8. The molecule has 0 spiro atoms. The van der Waals surface area contributed by atoms with Gasteiger partial charge in [-0.3, -0.25) is 9.59 Å². The van der Waals surface area contributed by atoms with E-state index in [0.717, 1.165) is 19.3 Å². The normalized spacial score (nSPS) is 31.4. The third-order valence-electron chi connectivity index (χ3n) is 6.86. The van der Waals surface area contributed by atoms with Crippen molar-refractivity contribution in [1.29, 1.82) is 0 Å². The maximum atomic E-state index is 13.2. The number of carbonyl (C=O) groups excluding carboxylic acids is 2. The fourth-order valence-corrected chi connectivity index (χ4v) is 7.73. The molecule has 6 rings (SSSR count). The zero-order chi connectivity index (χ0) is 20.9. The van der Waals surface area contributed by atoms with Gasteiger partial charge in [-0.1, -0.05) is 39.7 Å². The number of nitrogens with one attached hydrogen (secondary N) is 1. The van der Waals surface area contributed by atoms with Crippen molar-refractivity contribution in [3.8, 4) is 5.75 Å². The maximum Gasteiger partial charge on any atom is 0.317 e. The monoisotopic (exact) mass is 487 g/mol. The molecule has 1 amide bonds. The molecule has 4 bridgehead atoms. The Hall–Kier alpha value is -1.85. The number of hydrogen-bond donors (Lipinski definition) is 1.